The molecule has 4 heteroatoms. The lowest BCUT2D eigenvalue weighted by Gasteiger charge is -2.16. The molecule has 22 heavy (non-hydrogen) atoms. The Hall–Kier alpha value is -2.07. The summed E-state index contributed by atoms with van der Waals surface area (Å²) < 4.78 is 5.22. The number of aliphatic hydroxyl groups is 1. The number of carbonyl (C=O) groups is 1. The van der Waals surface area contributed by atoms with Crippen LogP contribution in [-0.2, 0) is 11.2 Å². The fourth-order valence-corrected chi connectivity index (χ4v) is 2.43. The summed E-state index contributed by atoms with van der Waals surface area (Å²) in [7, 11) is 0. The van der Waals surface area contributed by atoms with E-state index in [-0.39, 0.29) is 18.4 Å². The second kappa shape index (κ2) is 8.39. The number of benzene rings is 1. The molecule has 0 aliphatic heterocycles. The van der Waals surface area contributed by atoms with E-state index in [1.807, 2.05) is 18.2 Å². The van der Waals surface area contributed by atoms with E-state index in [0.29, 0.717) is 12.2 Å². The van der Waals surface area contributed by atoms with Gasteiger partial charge in [0.15, 0.2) is 0 Å². The number of hydrogen-bond donors (Lipinski definition) is 2. The Morgan fingerprint density at radius 3 is 2.64 bits per heavy atom. The minimum Gasteiger partial charge on any atom is -0.467 e. The molecule has 0 aliphatic carbocycles. The van der Waals surface area contributed by atoms with Gasteiger partial charge in [-0.05, 0) is 36.5 Å². The maximum atomic E-state index is 12.1. The zero-order valence-electron chi connectivity index (χ0n) is 12.9. The van der Waals surface area contributed by atoms with Crippen LogP contribution in [0.3, 0.4) is 0 Å². The van der Waals surface area contributed by atoms with E-state index < -0.39 is 6.04 Å². The van der Waals surface area contributed by atoms with Crippen LogP contribution >= 0.6 is 0 Å². The molecule has 2 rings (SSSR count). The van der Waals surface area contributed by atoms with Crippen molar-refractivity contribution in [3.63, 3.8) is 0 Å². The molecular weight excluding hydrogens is 278 g/mol. The number of amides is 1. The van der Waals surface area contributed by atoms with Gasteiger partial charge in [-0.2, -0.15) is 0 Å². The third-order valence-corrected chi connectivity index (χ3v) is 3.71. The topological polar surface area (TPSA) is 62.5 Å². The Labute approximate surface area is 131 Å². The fraction of sp³-hybridized carbons (Fsp3) is 0.389. The van der Waals surface area contributed by atoms with Crippen LogP contribution in [0, 0.1) is 5.92 Å². The van der Waals surface area contributed by atoms with Crippen LogP contribution in [0.4, 0.5) is 0 Å². The normalized spacial score (nSPS) is 13.5. The van der Waals surface area contributed by atoms with Crippen LogP contribution < -0.4 is 5.32 Å². The standard InChI is InChI=1S/C18H23NO3/c1-14(9-10-15-6-3-2-4-7-15)12-18(21)19-16(13-20)17-8-5-11-22-17/h2-8,11,14,16,20H,9-10,12-13H2,1H3,(H,19,21). The van der Waals surface area contributed by atoms with Crippen LogP contribution in [0.5, 0.6) is 0 Å². The summed E-state index contributed by atoms with van der Waals surface area (Å²) in [5.74, 6) is 0.806. The molecule has 1 aromatic carbocycles. The second-order valence-corrected chi connectivity index (χ2v) is 5.65. The van der Waals surface area contributed by atoms with E-state index in [9.17, 15) is 9.90 Å². The van der Waals surface area contributed by atoms with Gasteiger partial charge in [-0.25, -0.2) is 0 Å². The molecule has 1 heterocycles. The highest BCUT2D eigenvalue weighted by Crippen LogP contribution is 2.16. The molecule has 118 valence electrons. The van der Waals surface area contributed by atoms with Crippen molar-refractivity contribution in [3.8, 4) is 0 Å². The Balaban J connectivity index is 1.76. The lowest BCUT2D eigenvalue weighted by atomic mass is 9.98. The van der Waals surface area contributed by atoms with Gasteiger partial charge in [-0.1, -0.05) is 37.3 Å². The van der Waals surface area contributed by atoms with Crippen molar-refractivity contribution in [2.45, 2.75) is 32.2 Å². The quantitative estimate of drug-likeness (QED) is 0.787. The van der Waals surface area contributed by atoms with E-state index in [0.717, 1.165) is 12.8 Å². The van der Waals surface area contributed by atoms with Gasteiger partial charge < -0.3 is 14.8 Å². The number of rotatable bonds is 8. The zero-order chi connectivity index (χ0) is 15.8. The summed E-state index contributed by atoms with van der Waals surface area (Å²) in [5.41, 5.74) is 1.29. The van der Waals surface area contributed by atoms with Crippen molar-refractivity contribution in [3.05, 3.63) is 60.1 Å². The van der Waals surface area contributed by atoms with Gasteiger partial charge in [0.1, 0.15) is 11.8 Å². The zero-order valence-corrected chi connectivity index (χ0v) is 12.9. The molecule has 1 aromatic heterocycles. The predicted molar refractivity (Wildman–Crippen MR) is 85.2 cm³/mol. The van der Waals surface area contributed by atoms with Gasteiger partial charge in [0.05, 0.1) is 12.9 Å². The monoisotopic (exact) mass is 301 g/mol. The minimum absolute atomic E-state index is 0.0592. The van der Waals surface area contributed by atoms with Crippen molar-refractivity contribution in [2.75, 3.05) is 6.61 Å². The van der Waals surface area contributed by atoms with Crippen molar-refractivity contribution >= 4 is 5.91 Å². The Morgan fingerprint density at radius 2 is 2.00 bits per heavy atom. The van der Waals surface area contributed by atoms with Crippen molar-refractivity contribution in [1.82, 2.24) is 5.32 Å². The number of carbonyl (C=O) groups excluding carboxylic acids is 1. The molecule has 0 spiro atoms. The van der Waals surface area contributed by atoms with Crippen molar-refractivity contribution in [1.29, 1.82) is 0 Å². The molecule has 2 aromatic rings. The maximum absolute atomic E-state index is 12.1. The highest BCUT2D eigenvalue weighted by Gasteiger charge is 2.17. The molecular formula is C18H23NO3. The summed E-state index contributed by atoms with van der Waals surface area (Å²) in [4.78, 5) is 12.1. The van der Waals surface area contributed by atoms with Gasteiger partial charge in [-0.3, -0.25) is 4.79 Å². The van der Waals surface area contributed by atoms with Gasteiger partial charge in [-0.15, -0.1) is 0 Å². The molecule has 0 saturated heterocycles. The highest BCUT2D eigenvalue weighted by molar-refractivity contribution is 5.76. The first-order chi connectivity index (χ1) is 10.7. The third kappa shape index (κ3) is 5.04. The Kier molecular flexibility index (Phi) is 6.22. The summed E-state index contributed by atoms with van der Waals surface area (Å²) in [6.07, 6.45) is 3.91. The van der Waals surface area contributed by atoms with E-state index in [2.05, 4.69) is 24.4 Å². The molecule has 0 fully saturated rings. The average molecular weight is 301 g/mol. The highest BCUT2D eigenvalue weighted by atomic mass is 16.3. The molecule has 1 amide bonds. The van der Waals surface area contributed by atoms with Crippen LogP contribution in [0.25, 0.3) is 0 Å². The van der Waals surface area contributed by atoms with Crippen molar-refractivity contribution in [2.24, 2.45) is 5.92 Å². The fourth-order valence-electron chi connectivity index (χ4n) is 2.43. The number of hydrogen-bond acceptors (Lipinski definition) is 3. The first kappa shape index (κ1) is 16.3. The van der Waals surface area contributed by atoms with E-state index in [1.165, 1.54) is 11.8 Å². The molecule has 0 aliphatic rings. The first-order valence-corrected chi connectivity index (χ1v) is 7.66. The first-order valence-electron chi connectivity index (χ1n) is 7.66. The van der Waals surface area contributed by atoms with Gasteiger partial charge >= 0.3 is 0 Å². The smallest absolute Gasteiger partial charge is 0.220 e. The Bertz CT molecular complexity index is 551. The Morgan fingerprint density at radius 1 is 1.23 bits per heavy atom. The van der Waals surface area contributed by atoms with E-state index in [4.69, 9.17) is 4.42 Å². The number of aliphatic hydroxyl groups excluding tert-OH is 1. The lowest BCUT2D eigenvalue weighted by molar-refractivity contribution is -0.123. The minimum atomic E-state index is -0.469. The molecule has 4 nitrogen and oxygen atoms in total. The summed E-state index contributed by atoms with van der Waals surface area (Å²) in [5, 5.41) is 12.2. The lowest BCUT2D eigenvalue weighted by Crippen LogP contribution is -2.31. The largest absolute Gasteiger partial charge is 0.467 e. The van der Waals surface area contributed by atoms with Crippen LogP contribution in [-0.4, -0.2) is 17.6 Å². The summed E-state index contributed by atoms with van der Waals surface area (Å²) in [6.45, 7) is 1.90. The predicted octanol–water partition coefficient (Wildman–Crippen LogP) is 3.09. The van der Waals surface area contributed by atoms with E-state index in [1.54, 1.807) is 12.1 Å². The summed E-state index contributed by atoms with van der Waals surface area (Å²) in [6, 6.07) is 13.3. The molecule has 2 unspecified atom stereocenters. The number of aryl methyl sites for hydroxylation is 1. The van der Waals surface area contributed by atoms with Crippen LogP contribution in [0.15, 0.2) is 53.1 Å². The van der Waals surface area contributed by atoms with Crippen LogP contribution in [0.2, 0.25) is 0 Å². The third-order valence-electron chi connectivity index (χ3n) is 3.71. The summed E-state index contributed by atoms with van der Waals surface area (Å²) >= 11 is 0. The van der Waals surface area contributed by atoms with Gasteiger partial charge in [0.25, 0.3) is 0 Å². The molecule has 0 saturated carbocycles. The number of furan rings is 1. The molecule has 2 atom stereocenters. The SMILES string of the molecule is CC(CCc1ccccc1)CC(=O)NC(CO)c1ccco1. The molecule has 0 radical (unpaired) electrons. The van der Waals surface area contributed by atoms with E-state index >= 15 is 0 Å². The second-order valence-electron chi connectivity index (χ2n) is 5.65. The molecule has 0 bridgehead atoms. The number of nitrogens with one attached hydrogen (secondary N) is 1. The molecule has 2 N–H and O–H groups in total. The van der Waals surface area contributed by atoms with Crippen LogP contribution in [0.1, 0.15) is 37.1 Å². The van der Waals surface area contributed by atoms with Gasteiger partial charge in [0, 0.05) is 6.42 Å². The van der Waals surface area contributed by atoms with Gasteiger partial charge in [0.2, 0.25) is 5.91 Å². The average Bonchev–Trinajstić information content (AvgIpc) is 3.06. The van der Waals surface area contributed by atoms with Crippen molar-refractivity contribution < 1.29 is 14.3 Å². The maximum Gasteiger partial charge on any atom is 0.220 e.